The standard InChI is InChI=1S/C23H29N3O7/c1-6-23(20(29)30)24-22(19(27)28,21(2,3)4)13-25(23)12-16-9-14-7-8-17(33-5)10-15(14)11-18(16)26(31)32/h7-11,24H,6,12-13H2,1-5H3,(H,27,28)(H,29,30). The summed E-state index contributed by atoms with van der Waals surface area (Å²) in [5.41, 5.74) is -3.98. The van der Waals surface area contributed by atoms with Crippen molar-refractivity contribution in [2.24, 2.45) is 5.41 Å². The van der Waals surface area contributed by atoms with Gasteiger partial charge in [-0.2, -0.15) is 0 Å². The lowest BCUT2D eigenvalue weighted by atomic mass is 9.73. The van der Waals surface area contributed by atoms with E-state index in [2.05, 4.69) is 5.32 Å². The lowest BCUT2D eigenvalue weighted by Crippen LogP contribution is -2.65. The summed E-state index contributed by atoms with van der Waals surface area (Å²) in [6.07, 6.45) is 0.0615. The van der Waals surface area contributed by atoms with Gasteiger partial charge in [0.05, 0.1) is 12.0 Å². The van der Waals surface area contributed by atoms with Gasteiger partial charge in [0.25, 0.3) is 5.69 Å². The summed E-state index contributed by atoms with van der Waals surface area (Å²) in [4.78, 5) is 37.7. The fourth-order valence-corrected chi connectivity index (χ4v) is 4.54. The van der Waals surface area contributed by atoms with Crippen LogP contribution in [0.3, 0.4) is 0 Å². The summed E-state index contributed by atoms with van der Waals surface area (Å²) in [6, 6.07) is 8.26. The van der Waals surface area contributed by atoms with Gasteiger partial charge in [-0.05, 0) is 40.8 Å². The summed E-state index contributed by atoms with van der Waals surface area (Å²) < 4.78 is 5.20. The number of nitro benzene ring substituents is 1. The van der Waals surface area contributed by atoms with Crippen LogP contribution in [0.1, 0.15) is 39.7 Å². The highest BCUT2D eigenvalue weighted by atomic mass is 16.6. The van der Waals surface area contributed by atoms with E-state index < -0.39 is 33.5 Å². The number of nitrogens with one attached hydrogen (secondary N) is 1. The molecule has 0 spiro atoms. The zero-order chi connectivity index (χ0) is 24.8. The van der Waals surface area contributed by atoms with E-state index in [1.165, 1.54) is 18.1 Å². The predicted octanol–water partition coefficient (Wildman–Crippen LogP) is 3.22. The van der Waals surface area contributed by atoms with E-state index in [0.29, 0.717) is 16.7 Å². The first kappa shape index (κ1) is 24.4. The number of carbonyl (C=O) groups is 2. The Balaban J connectivity index is 2.16. The molecule has 1 saturated heterocycles. The molecule has 0 bridgehead atoms. The van der Waals surface area contributed by atoms with Crippen molar-refractivity contribution in [2.45, 2.75) is 51.9 Å². The highest BCUT2D eigenvalue weighted by molar-refractivity contribution is 5.88. The molecule has 2 aromatic carbocycles. The summed E-state index contributed by atoms with van der Waals surface area (Å²) in [6.45, 7) is 6.58. The van der Waals surface area contributed by atoms with Crippen LogP contribution in [-0.2, 0) is 16.1 Å². The second-order valence-corrected chi connectivity index (χ2v) is 9.41. The lowest BCUT2D eigenvalue weighted by Gasteiger charge is -2.39. The van der Waals surface area contributed by atoms with Crippen molar-refractivity contribution in [1.29, 1.82) is 0 Å². The van der Waals surface area contributed by atoms with Gasteiger partial charge in [0.1, 0.15) is 11.3 Å². The molecule has 0 amide bonds. The Morgan fingerprint density at radius 3 is 2.33 bits per heavy atom. The average molecular weight is 459 g/mol. The molecular formula is C23H29N3O7. The minimum atomic E-state index is -1.70. The second-order valence-electron chi connectivity index (χ2n) is 9.41. The molecule has 0 aliphatic carbocycles. The van der Waals surface area contributed by atoms with E-state index in [1.54, 1.807) is 52.0 Å². The number of nitro groups is 1. The molecule has 0 radical (unpaired) electrons. The number of ether oxygens (including phenoxy) is 1. The number of hydrogen-bond donors (Lipinski definition) is 3. The minimum absolute atomic E-state index is 0.0615. The Morgan fingerprint density at radius 1 is 1.18 bits per heavy atom. The van der Waals surface area contributed by atoms with Gasteiger partial charge in [-0.3, -0.25) is 25.1 Å². The quantitative estimate of drug-likeness (QED) is 0.420. The smallest absolute Gasteiger partial charge is 0.339 e. The molecule has 0 aromatic heterocycles. The molecule has 2 unspecified atom stereocenters. The van der Waals surface area contributed by atoms with Gasteiger partial charge in [-0.1, -0.05) is 33.8 Å². The number of carboxylic acid groups (broad SMARTS) is 2. The summed E-state index contributed by atoms with van der Waals surface area (Å²) >= 11 is 0. The number of methoxy groups -OCH3 is 1. The topological polar surface area (TPSA) is 142 Å². The van der Waals surface area contributed by atoms with Crippen LogP contribution >= 0.6 is 0 Å². The van der Waals surface area contributed by atoms with Gasteiger partial charge in [-0.15, -0.1) is 0 Å². The predicted molar refractivity (Wildman–Crippen MR) is 121 cm³/mol. The third-order valence-corrected chi connectivity index (χ3v) is 6.70. The van der Waals surface area contributed by atoms with Crippen molar-refractivity contribution in [1.82, 2.24) is 10.2 Å². The first-order valence-electron chi connectivity index (χ1n) is 10.6. The molecule has 3 N–H and O–H groups in total. The number of rotatable bonds is 7. The molecule has 1 heterocycles. The number of fused-ring (bicyclic) bond motifs is 1. The minimum Gasteiger partial charge on any atom is -0.497 e. The van der Waals surface area contributed by atoms with Crippen LogP contribution in [0.2, 0.25) is 0 Å². The Labute approximate surface area is 191 Å². The first-order valence-corrected chi connectivity index (χ1v) is 10.6. The molecule has 178 valence electrons. The molecule has 0 saturated carbocycles. The fourth-order valence-electron chi connectivity index (χ4n) is 4.54. The maximum absolute atomic E-state index is 12.4. The number of aliphatic carboxylic acids is 2. The van der Waals surface area contributed by atoms with Gasteiger partial charge < -0.3 is 14.9 Å². The lowest BCUT2D eigenvalue weighted by molar-refractivity contribution is -0.385. The largest absolute Gasteiger partial charge is 0.497 e. The maximum atomic E-state index is 12.4. The van der Waals surface area contributed by atoms with E-state index in [1.807, 2.05) is 0 Å². The molecule has 10 heteroatoms. The second kappa shape index (κ2) is 8.27. The van der Waals surface area contributed by atoms with Crippen LogP contribution in [0.15, 0.2) is 30.3 Å². The van der Waals surface area contributed by atoms with Crippen molar-refractivity contribution >= 4 is 28.4 Å². The molecule has 33 heavy (non-hydrogen) atoms. The van der Waals surface area contributed by atoms with Gasteiger partial charge in [0.2, 0.25) is 0 Å². The molecule has 1 aliphatic heterocycles. The van der Waals surface area contributed by atoms with Gasteiger partial charge >= 0.3 is 11.9 Å². The van der Waals surface area contributed by atoms with E-state index >= 15 is 0 Å². The third-order valence-electron chi connectivity index (χ3n) is 6.70. The molecule has 1 aliphatic rings. The SMILES string of the molecule is CCC1(C(=O)O)NC(C(=O)O)(C(C)(C)C)CN1Cc1cc2ccc(OC)cc2cc1[N+](=O)[O-]. The number of hydrogen-bond acceptors (Lipinski definition) is 7. The normalized spacial score (nSPS) is 23.5. The maximum Gasteiger partial charge on any atom is 0.339 e. The number of nitrogens with zero attached hydrogens (tertiary/aromatic N) is 2. The van der Waals surface area contributed by atoms with Crippen molar-refractivity contribution in [3.8, 4) is 5.75 Å². The van der Waals surface area contributed by atoms with Crippen LogP contribution in [0.25, 0.3) is 10.8 Å². The summed E-state index contributed by atoms with van der Waals surface area (Å²) in [5.74, 6) is -1.84. The Bertz CT molecular complexity index is 1130. The van der Waals surface area contributed by atoms with E-state index in [0.717, 1.165) is 5.39 Å². The van der Waals surface area contributed by atoms with Gasteiger partial charge in [-0.25, -0.2) is 4.79 Å². The third kappa shape index (κ3) is 3.89. The van der Waals surface area contributed by atoms with Crippen molar-refractivity contribution in [3.05, 3.63) is 46.0 Å². The molecule has 10 nitrogen and oxygen atoms in total. The van der Waals surface area contributed by atoms with Crippen molar-refractivity contribution in [3.63, 3.8) is 0 Å². The molecular weight excluding hydrogens is 430 g/mol. The van der Waals surface area contributed by atoms with Crippen molar-refractivity contribution < 1.29 is 29.5 Å². The first-order chi connectivity index (χ1) is 15.3. The molecule has 1 fully saturated rings. The summed E-state index contributed by atoms with van der Waals surface area (Å²) in [7, 11) is 1.50. The van der Waals surface area contributed by atoms with Gasteiger partial charge in [0, 0.05) is 24.7 Å². The van der Waals surface area contributed by atoms with Crippen LogP contribution in [0.4, 0.5) is 5.69 Å². The Kier molecular flexibility index (Phi) is 6.12. The number of carboxylic acids is 2. The Morgan fingerprint density at radius 2 is 1.85 bits per heavy atom. The highest BCUT2D eigenvalue weighted by Crippen LogP contribution is 2.42. The van der Waals surface area contributed by atoms with Gasteiger partial charge in [0.15, 0.2) is 5.66 Å². The molecule has 2 aromatic rings. The van der Waals surface area contributed by atoms with E-state index in [9.17, 15) is 29.9 Å². The van der Waals surface area contributed by atoms with Crippen molar-refractivity contribution in [2.75, 3.05) is 13.7 Å². The highest BCUT2D eigenvalue weighted by Gasteiger charge is 2.64. The van der Waals surface area contributed by atoms with E-state index in [4.69, 9.17) is 4.74 Å². The van der Waals surface area contributed by atoms with Crippen LogP contribution in [-0.4, -0.2) is 56.8 Å². The average Bonchev–Trinajstić information content (AvgIpc) is 3.09. The fraction of sp³-hybridized carbons (Fsp3) is 0.478. The van der Waals surface area contributed by atoms with E-state index in [-0.39, 0.29) is 25.2 Å². The Hall–Kier alpha value is -3.24. The number of benzene rings is 2. The molecule has 2 atom stereocenters. The van der Waals surface area contributed by atoms with Crippen LogP contribution in [0, 0.1) is 15.5 Å². The van der Waals surface area contributed by atoms with Crippen LogP contribution in [0.5, 0.6) is 5.75 Å². The summed E-state index contributed by atoms with van der Waals surface area (Å²) in [5, 5.41) is 36.4. The monoisotopic (exact) mass is 459 g/mol. The zero-order valence-electron chi connectivity index (χ0n) is 19.3. The van der Waals surface area contributed by atoms with Crippen LogP contribution < -0.4 is 10.1 Å². The molecule has 3 rings (SSSR count). The zero-order valence-corrected chi connectivity index (χ0v) is 19.3.